The predicted octanol–water partition coefficient (Wildman–Crippen LogP) is -0.0782. The molecule has 1 heterocycles. The highest BCUT2D eigenvalue weighted by Crippen LogP contribution is 2.41. The maximum absolute atomic E-state index is 12.2. The van der Waals surface area contributed by atoms with Crippen molar-refractivity contribution in [3.05, 3.63) is 74.4 Å². The monoisotopic (exact) mass is 428 g/mol. The number of phenolic OH excluding ortho intramolecular Hbond substituents is 1. The Morgan fingerprint density at radius 2 is 1.97 bits per heavy atom. The summed E-state index contributed by atoms with van der Waals surface area (Å²) in [5.41, 5.74) is 2.95. The molecule has 11 nitrogen and oxygen atoms in total. The zero-order chi connectivity index (χ0) is 22.8. The summed E-state index contributed by atoms with van der Waals surface area (Å²) in [5, 5.41) is 39.6. The summed E-state index contributed by atoms with van der Waals surface area (Å²) in [6, 6.07) is 7.90. The summed E-state index contributed by atoms with van der Waals surface area (Å²) in [6.45, 7) is -0.389. The average molecular weight is 428 g/mol. The van der Waals surface area contributed by atoms with Gasteiger partial charge in [-0.05, 0) is 24.1 Å². The molecule has 3 rings (SSSR count). The molecule has 0 fully saturated rings. The van der Waals surface area contributed by atoms with Crippen LogP contribution in [0.1, 0.15) is 12.0 Å². The van der Waals surface area contributed by atoms with Gasteiger partial charge in [-0.1, -0.05) is 12.1 Å². The van der Waals surface area contributed by atoms with Crippen molar-refractivity contribution in [3.63, 3.8) is 0 Å². The molecule has 2 aromatic rings. The molecule has 1 aromatic carbocycles. The van der Waals surface area contributed by atoms with Gasteiger partial charge in [0, 0.05) is 18.7 Å². The minimum absolute atomic E-state index is 0.0748. The zero-order valence-corrected chi connectivity index (χ0v) is 16.2. The topological polar surface area (TPSA) is 192 Å². The molecule has 0 amide bonds. The Bertz CT molecular complexity index is 1180. The zero-order valence-electron chi connectivity index (χ0n) is 16.2. The number of nitrogens with two attached hydrogens (primary N) is 1. The molecular formula is C20H20N4O7. The lowest BCUT2D eigenvalue weighted by molar-refractivity contribution is -0.146. The van der Waals surface area contributed by atoms with E-state index in [-0.39, 0.29) is 25.2 Å². The molecule has 0 unspecified atom stereocenters. The number of allylic oxidation sites excluding steroid dienone is 1. The van der Waals surface area contributed by atoms with E-state index < -0.39 is 46.2 Å². The van der Waals surface area contributed by atoms with Gasteiger partial charge in [-0.15, -0.1) is 0 Å². The van der Waals surface area contributed by atoms with Crippen molar-refractivity contribution in [2.75, 3.05) is 6.61 Å². The van der Waals surface area contributed by atoms with Gasteiger partial charge < -0.3 is 25.8 Å². The highest BCUT2D eigenvalue weighted by atomic mass is 16.5. The van der Waals surface area contributed by atoms with Crippen LogP contribution in [0.4, 0.5) is 0 Å². The van der Waals surface area contributed by atoms with Crippen molar-refractivity contribution < 1.29 is 24.9 Å². The number of aliphatic hydroxyl groups excluding tert-OH is 2. The van der Waals surface area contributed by atoms with Gasteiger partial charge in [-0.3, -0.25) is 19.1 Å². The van der Waals surface area contributed by atoms with E-state index in [0.717, 1.165) is 16.8 Å². The van der Waals surface area contributed by atoms with E-state index in [1.807, 2.05) is 4.98 Å². The highest BCUT2D eigenvalue weighted by molar-refractivity contribution is 5.76. The number of carbonyl (C=O) groups excluding carboxylic acids is 1. The van der Waals surface area contributed by atoms with Crippen molar-refractivity contribution in [2.24, 2.45) is 11.7 Å². The number of H-pyrrole nitrogens is 1. The Hall–Kier alpha value is -4.04. The van der Waals surface area contributed by atoms with Gasteiger partial charge >= 0.3 is 11.7 Å². The Kier molecular flexibility index (Phi) is 5.85. The maximum Gasteiger partial charge on any atom is 0.330 e. The number of esters is 1. The summed E-state index contributed by atoms with van der Waals surface area (Å²) < 4.78 is 5.96. The van der Waals surface area contributed by atoms with Crippen LogP contribution in [0.2, 0.25) is 0 Å². The van der Waals surface area contributed by atoms with Crippen LogP contribution in [0.5, 0.6) is 5.75 Å². The third kappa shape index (κ3) is 4.15. The number of aromatic hydroxyl groups is 1. The second kappa shape index (κ2) is 8.37. The number of aromatic nitrogens is 2. The first-order chi connectivity index (χ1) is 14.7. The second-order valence-electron chi connectivity index (χ2n) is 7.19. The summed E-state index contributed by atoms with van der Waals surface area (Å²) in [5.74, 6) is -3.02. The van der Waals surface area contributed by atoms with E-state index in [2.05, 4.69) is 0 Å². The van der Waals surface area contributed by atoms with E-state index in [0.29, 0.717) is 5.56 Å². The van der Waals surface area contributed by atoms with Gasteiger partial charge in [-0.2, -0.15) is 5.26 Å². The number of nitrogens with zero attached hydrogens (tertiary/aromatic N) is 2. The van der Waals surface area contributed by atoms with Crippen LogP contribution in [0.15, 0.2) is 57.6 Å². The number of rotatable bonds is 6. The molecule has 162 valence electrons. The number of aromatic amines is 1. The molecule has 11 heteroatoms. The first kappa shape index (κ1) is 21.7. The summed E-state index contributed by atoms with van der Waals surface area (Å²) in [4.78, 5) is 37.6. The van der Waals surface area contributed by atoms with Crippen LogP contribution < -0.4 is 17.0 Å². The molecule has 1 aromatic heterocycles. The summed E-state index contributed by atoms with van der Waals surface area (Å²) in [6.07, 6.45) is 0.912. The first-order valence-corrected chi connectivity index (χ1v) is 9.24. The van der Waals surface area contributed by atoms with Crippen molar-refractivity contribution in [3.8, 4) is 11.8 Å². The van der Waals surface area contributed by atoms with Crippen LogP contribution in [0.3, 0.4) is 0 Å². The molecule has 3 atom stereocenters. The molecular weight excluding hydrogens is 408 g/mol. The van der Waals surface area contributed by atoms with Gasteiger partial charge in [-0.25, -0.2) is 4.79 Å². The molecule has 0 saturated heterocycles. The van der Waals surface area contributed by atoms with Gasteiger partial charge in [0.2, 0.25) is 0 Å². The highest BCUT2D eigenvalue weighted by Gasteiger charge is 2.50. The minimum atomic E-state index is -1.96. The van der Waals surface area contributed by atoms with Gasteiger partial charge in [0.15, 0.2) is 11.3 Å². The number of ether oxygens (including phenoxy) is 1. The predicted molar refractivity (Wildman–Crippen MR) is 106 cm³/mol. The Labute approximate surface area is 175 Å². The Morgan fingerprint density at radius 3 is 2.58 bits per heavy atom. The van der Waals surface area contributed by atoms with Gasteiger partial charge in [0.1, 0.15) is 24.2 Å². The summed E-state index contributed by atoms with van der Waals surface area (Å²) >= 11 is 0. The second-order valence-corrected chi connectivity index (χ2v) is 7.19. The van der Waals surface area contributed by atoms with Crippen LogP contribution >= 0.6 is 0 Å². The van der Waals surface area contributed by atoms with Crippen LogP contribution in [-0.4, -0.2) is 43.5 Å². The number of hydrogen-bond donors (Lipinski definition) is 5. The number of carbonyl (C=O) groups is 1. The maximum atomic E-state index is 12.2. The third-order valence-corrected chi connectivity index (χ3v) is 5.10. The van der Waals surface area contributed by atoms with E-state index >= 15 is 0 Å². The standard InChI is InChI=1S/C20H20N4O7/c21-10-20(24-6-5-15(26)23-19(24)30)8-12(16(27)17(20)28)9-31-18(29)14(22)7-11-1-3-13(25)4-2-11/h1-6,12,14,25,27-28H,7-9,22H2,(H,23,26,30)/t12-,14+,20+/m1/s1. The fourth-order valence-electron chi connectivity index (χ4n) is 3.43. The number of nitriles is 1. The molecule has 0 aliphatic heterocycles. The normalized spacial score (nSPS) is 21.5. The molecule has 6 N–H and O–H groups in total. The molecule has 0 radical (unpaired) electrons. The van der Waals surface area contributed by atoms with Crippen molar-refractivity contribution in [1.82, 2.24) is 9.55 Å². The molecule has 31 heavy (non-hydrogen) atoms. The Balaban J connectivity index is 1.71. The first-order valence-electron chi connectivity index (χ1n) is 9.24. The lowest BCUT2D eigenvalue weighted by Gasteiger charge is -2.24. The van der Waals surface area contributed by atoms with Crippen molar-refractivity contribution >= 4 is 5.97 Å². The van der Waals surface area contributed by atoms with Crippen LogP contribution in [-0.2, 0) is 21.5 Å². The number of phenols is 1. The van der Waals surface area contributed by atoms with E-state index in [1.165, 1.54) is 12.1 Å². The number of benzene rings is 1. The van der Waals surface area contributed by atoms with E-state index in [4.69, 9.17) is 10.5 Å². The largest absolute Gasteiger partial charge is 0.508 e. The van der Waals surface area contributed by atoms with Gasteiger partial charge in [0.05, 0.1) is 12.0 Å². The molecule has 1 aliphatic rings. The smallest absolute Gasteiger partial charge is 0.330 e. The molecule has 1 aliphatic carbocycles. The number of hydrogen-bond acceptors (Lipinski definition) is 9. The SMILES string of the molecule is N#C[C@@]1(n2ccc(=O)[nH]c2=O)C[C@H](COC(=O)[C@@H](N)Cc2ccc(O)cc2)C(O)=C1O. The van der Waals surface area contributed by atoms with Crippen molar-refractivity contribution in [1.29, 1.82) is 5.26 Å². The summed E-state index contributed by atoms with van der Waals surface area (Å²) in [7, 11) is 0. The lowest BCUT2D eigenvalue weighted by atomic mass is 9.95. The lowest BCUT2D eigenvalue weighted by Crippen LogP contribution is -2.43. The van der Waals surface area contributed by atoms with Crippen LogP contribution in [0.25, 0.3) is 0 Å². The number of aliphatic hydroxyl groups is 2. The molecule has 0 saturated carbocycles. The minimum Gasteiger partial charge on any atom is -0.508 e. The van der Waals surface area contributed by atoms with Crippen molar-refractivity contribution in [2.45, 2.75) is 24.4 Å². The van der Waals surface area contributed by atoms with E-state index in [1.54, 1.807) is 18.2 Å². The van der Waals surface area contributed by atoms with Gasteiger partial charge in [0.25, 0.3) is 5.56 Å². The van der Waals surface area contributed by atoms with E-state index in [9.17, 15) is 35.0 Å². The molecule has 0 bridgehead atoms. The number of nitrogens with one attached hydrogen (secondary N) is 1. The quantitative estimate of drug-likeness (QED) is 0.391. The Morgan fingerprint density at radius 1 is 1.29 bits per heavy atom. The molecule has 0 spiro atoms. The average Bonchev–Trinajstić information content (AvgIpc) is 2.99. The third-order valence-electron chi connectivity index (χ3n) is 5.10. The van der Waals surface area contributed by atoms with Crippen LogP contribution in [0, 0.1) is 17.2 Å². The fourth-order valence-corrected chi connectivity index (χ4v) is 3.43. The fraction of sp³-hybridized carbons (Fsp3) is 0.300.